The van der Waals surface area contributed by atoms with Crippen LogP contribution in [0.2, 0.25) is 0 Å². The zero-order chi connectivity index (χ0) is 25.4. The smallest absolute Gasteiger partial charge is 0.253 e. The van der Waals surface area contributed by atoms with Crippen molar-refractivity contribution in [3.8, 4) is 11.5 Å². The number of hydrogen-bond acceptors (Lipinski definition) is 3. The Hall–Kier alpha value is -3.11. The molecule has 0 spiro atoms. The van der Waals surface area contributed by atoms with Crippen molar-refractivity contribution < 1.29 is 9.53 Å². The van der Waals surface area contributed by atoms with Gasteiger partial charge in [-0.15, -0.1) is 0 Å². The van der Waals surface area contributed by atoms with Gasteiger partial charge >= 0.3 is 0 Å². The molecule has 6 rings (SSSR count). The third-order valence-electron chi connectivity index (χ3n) is 9.01. The van der Waals surface area contributed by atoms with Crippen LogP contribution >= 0.6 is 0 Å². The molecule has 3 aromatic carbocycles. The quantitative estimate of drug-likeness (QED) is 0.358. The Bertz CT molecular complexity index is 1240. The van der Waals surface area contributed by atoms with Crippen molar-refractivity contribution in [2.45, 2.75) is 64.0 Å². The molecule has 3 heterocycles. The molecule has 2 fully saturated rings. The van der Waals surface area contributed by atoms with Gasteiger partial charge in [0.15, 0.2) is 0 Å². The Labute approximate surface area is 221 Å². The Kier molecular flexibility index (Phi) is 6.77. The average molecular weight is 495 g/mol. The van der Waals surface area contributed by atoms with Gasteiger partial charge in [0.25, 0.3) is 5.91 Å². The minimum Gasteiger partial charge on any atom is -0.457 e. The van der Waals surface area contributed by atoms with Crippen LogP contribution in [0, 0.1) is 5.92 Å². The number of ether oxygens (including phenoxy) is 1. The van der Waals surface area contributed by atoms with Crippen LogP contribution in [0.15, 0.2) is 72.8 Å². The molecule has 4 heteroatoms. The van der Waals surface area contributed by atoms with E-state index in [0.717, 1.165) is 30.0 Å². The van der Waals surface area contributed by atoms with Gasteiger partial charge in [-0.1, -0.05) is 54.6 Å². The van der Waals surface area contributed by atoms with E-state index in [1.54, 1.807) is 0 Å². The molecule has 0 N–H and O–H groups in total. The number of carbonyl (C=O) groups excluding carboxylic acids is 1. The summed E-state index contributed by atoms with van der Waals surface area (Å²) in [6.07, 6.45) is 6.20. The van der Waals surface area contributed by atoms with E-state index in [1.807, 2.05) is 30.9 Å². The van der Waals surface area contributed by atoms with Crippen molar-refractivity contribution in [1.82, 2.24) is 9.80 Å². The maximum atomic E-state index is 13.1. The highest BCUT2D eigenvalue weighted by molar-refractivity contribution is 5.95. The summed E-state index contributed by atoms with van der Waals surface area (Å²) < 4.78 is 6.43. The third-order valence-corrected chi connectivity index (χ3v) is 9.01. The van der Waals surface area contributed by atoms with Gasteiger partial charge in [-0.3, -0.25) is 9.69 Å². The van der Waals surface area contributed by atoms with E-state index in [1.165, 1.54) is 42.4 Å². The third kappa shape index (κ3) is 4.57. The Balaban J connectivity index is 1.26. The number of rotatable bonds is 7. The summed E-state index contributed by atoms with van der Waals surface area (Å²) in [5.41, 5.74) is 4.71. The summed E-state index contributed by atoms with van der Waals surface area (Å²) in [6.45, 7) is 6.64. The van der Waals surface area contributed by atoms with E-state index in [9.17, 15) is 4.79 Å². The molecule has 2 bridgehead atoms. The number of fused-ring (bicyclic) bond motifs is 4. The molecule has 3 unspecified atom stereocenters. The first-order valence-electron chi connectivity index (χ1n) is 14.2. The first kappa shape index (κ1) is 24.2. The highest BCUT2D eigenvalue weighted by Gasteiger charge is 2.45. The molecule has 0 aliphatic carbocycles. The lowest BCUT2D eigenvalue weighted by Crippen LogP contribution is -2.45. The van der Waals surface area contributed by atoms with Gasteiger partial charge in [0.2, 0.25) is 0 Å². The molecule has 4 nitrogen and oxygen atoms in total. The van der Waals surface area contributed by atoms with Crippen molar-refractivity contribution in [2.24, 2.45) is 5.92 Å². The van der Waals surface area contributed by atoms with Crippen molar-refractivity contribution in [3.63, 3.8) is 0 Å². The van der Waals surface area contributed by atoms with Gasteiger partial charge in [0.05, 0.1) is 0 Å². The monoisotopic (exact) mass is 494 g/mol. The normalized spacial score (nSPS) is 24.2. The zero-order valence-electron chi connectivity index (χ0n) is 22.1. The Morgan fingerprint density at radius 3 is 2.27 bits per heavy atom. The van der Waals surface area contributed by atoms with Crippen LogP contribution < -0.4 is 4.74 Å². The fourth-order valence-electron chi connectivity index (χ4n) is 7.19. The Morgan fingerprint density at radius 1 is 0.865 bits per heavy atom. The molecule has 192 valence electrons. The van der Waals surface area contributed by atoms with Crippen LogP contribution in [0.25, 0.3) is 0 Å². The predicted octanol–water partition coefficient (Wildman–Crippen LogP) is 6.89. The van der Waals surface area contributed by atoms with Crippen molar-refractivity contribution in [2.75, 3.05) is 19.6 Å². The van der Waals surface area contributed by atoms with Gasteiger partial charge in [0, 0.05) is 54.3 Å². The van der Waals surface area contributed by atoms with E-state index in [0.29, 0.717) is 37.0 Å². The van der Waals surface area contributed by atoms with E-state index < -0.39 is 0 Å². The number of benzene rings is 3. The molecule has 1 amide bonds. The molecule has 0 saturated carbocycles. The summed E-state index contributed by atoms with van der Waals surface area (Å²) >= 11 is 0. The molecular weight excluding hydrogens is 456 g/mol. The topological polar surface area (TPSA) is 32.8 Å². The highest BCUT2D eigenvalue weighted by Crippen LogP contribution is 2.53. The number of amides is 1. The van der Waals surface area contributed by atoms with Crippen LogP contribution in [-0.4, -0.2) is 47.4 Å². The van der Waals surface area contributed by atoms with Gasteiger partial charge in [-0.25, -0.2) is 0 Å². The summed E-state index contributed by atoms with van der Waals surface area (Å²) in [6, 6.07) is 27.0. The molecule has 3 aliphatic heterocycles. The van der Waals surface area contributed by atoms with E-state index in [4.69, 9.17) is 4.74 Å². The van der Waals surface area contributed by atoms with Crippen molar-refractivity contribution >= 4 is 5.91 Å². The van der Waals surface area contributed by atoms with Gasteiger partial charge in [-0.2, -0.15) is 0 Å². The van der Waals surface area contributed by atoms with Gasteiger partial charge in [-0.05, 0) is 75.6 Å². The van der Waals surface area contributed by atoms with E-state index in [2.05, 4.69) is 65.6 Å². The number of carbonyl (C=O) groups is 1. The first-order chi connectivity index (χ1) is 18.2. The lowest BCUT2D eigenvalue weighted by atomic mass is 9.72. The lowest BCUT2D eigenvalue weighted by Gasteiger charge is -2.43. The number of nitrogens with zero attached hydrogens (tertiary/aromatic N) is 2. The van der Waals surface area contributed by atoms with E-state index >= 15 is 0 Å². The average Bonchev–Trinajstić information content (AvgIpc) is 3.17. The molecule has 2 saturated heterocycles. The minimum absolute atomic E-state index is 0.0802. The highest BCUT2D eigenvalue weighted by atomic mass is 16.5. The second-order valence-corrected chi connectivity index (χ2v) is 10.9. The fraction of sp³-hybridized carbons (Fsp3) is 0.424. The fourth-order valence-corrected chi connectivity index (χ4v) is 7.19. The summed E-state index contributed by atoms with van der Waals surface area (Å²) in [5, 5.41) is 0. The largest absolute Gasteiger partial charge is 0.457 e. The van der Waals surface area contributed by atoms with Crippen LogP contribution in [-0.2, 0) is 6.42 Å². The van der Waals surface area contributed by atoms with Crippen molar-refractivity contribution in [3.05, 3.63) is 95.1 Å². The molecule has 37 heavy (non-hydrogen) atoms. The second-order valence-electron chi connectivity index (χ2n) is 10.9. The molecular formula is C33H38N2O2. The SMILES string of the molecule is CCN(CC)C(=O)c1ccc2c(c1)Oc1ccccc1C2C1CC2CCC(C1)N2CCc1ccccc1. The number of para-hydroxylation sites is 1. The Morgan fingerprint density at radius 2 is 1.54 bits per heavy atom. The summed E-state index contributed by atoms with van der Waals surface area (Å²) in [4.78, 5) is 17.8. The van der Waals surface area contributed by atoms with Crippen LogP contribution in [0.4, 0.5) is 0 Å². The van der Waals surface area contributed by atoms with Gasteiger partial charge in [0.1, 0.15) is 11.5 Å². The predicted molar refractivity (Wildman–Crippen MR) is 148 cm³/mol. The number of hydrogen-bond donors (Lipinski definition) is 0. The van der Waals surface area contributed by atoms with Gasteiger partial charge < -0.3 is 9.64 Å². The maximum Gasteiger partial charge on any atom is 0.253 e. The van der Waals surface area contributed by atoms with Crippen LogP contribution in [0.5, 0.6) is 11.5 Å². The molecule has 0 radical (unpaired) electrons. The number of piperidine rings is 1. The standard InChI is InChI=1S/C33H38N2O2/c1-3-34(4-2)33(36)24-14-17-29-31(22-24)37-30-13-9-8-12-28(30)32(29)25-20-26-15-16-27(21-25)35(26)19-18-23-10-6-5-7-11-23/h5-14,17,22,25-27,32H,3-4,15-16,18-21H2,1-2H3. The summed E-state index contributed by atoms with van der Waals surface area (Å²) in [7, 11) is 0. The van der Waals surface area contributed by atoms with Crippen LogP contribution in [0.1, 0.15) is 72.5 Å². The maximum absolute atomic E-state index is 13.1. The van der Waals surface area contributed by atoms with E-state index in [-0.39, 0.29) is 5.91 Å². The molecule has 3 aliphatic rings. The second kappa shape index (κ2) is 10.3. The minimum atomic E-state index is 0.0802. The summed E-state index contributed by atoms with van der Waals surface area (Å²) in [5.74, 6) is 2.79. The molecule has 3 atom stereocenters. The first-order valence-corrected chi connectivity index (χ1v) is 14.2. The molecule has 3 aromatic rings. The lowest BCUT2D eigenvalue weighted by molar-refractivity contribution is 0.0772. The molecule has 0 aromatic heterocycles. The van der Waals surface area contributed by atoms with Crippen LogP contribution in [0.3, 0.4) is 0 Å². The zero-order valence-corrected chi connectivity index (χ0v) is 22.1. The van der Waals surface area contributed by atoms with Crippen molar-refractivity contribution in [1.29, 1.82) is 0 Å².